The molecule has 0 amide bonds. The monoisotopic (exact) mass is 267 g/mol. The van der Waals surface area contributed by atoms with E-state index in [0.717, 1.165) is 0 Å². The number of benzene rings is 1. The maximum Gasteiger partial charge on any atom is 0.0906 e. The van der Waals surface area contributed by atoms with Crippen LogP contribution in [-0.4, -0.2) is 19.0 Å². The summed E-state index contributed by atoms with van der Waals surface area (Å²) in [4.78, 5) is 2.52. The molecule has 0 N–H and O–H groups in total. The molecule has 1 atom stereocenters. The second-order valence-electron chi connectivity index (χ2n) is 4.53. The van der Waals surface area contributed by atoms with Crippen LogP contribution in [-0.2, 0) is 12.8 Å². The molecule has 1 aliphatic carbocycles. The molecule has 1 nitrogen and oxygen atoms in total. The van der Waals surface area contributed by atoms with Crippen molar-refractivity contribution in [3.8, 4) is 0 Å². The van der Waals surface area contributed by atoms with Gasteiger partial charge in [-0.3, -0.25) is 4.90 Å². The molecule has 0 heterocycles. The Morgan fingerprint density at radius 2 is 1.80 bits per heavy atom. The molecule has 0 radical (unpaired) electrons. The molecule has 15 heavy (non-hydrogen) atoms. The van der Waals surface area contributed by atoms with Gasteiger partial charge in [-0.25, -0.2) is 0 Å². The summed E-state index contributed by atoms with van der Waals surface area (Å²) in [5, 5.41) is 0. The first-order valence-corrected chi connectivity index (χ1v) is 6.52. The molecule has 0 saturated carbocycles. The molecule has 2 rings (SSSR count). The van der Waals surface area contributed by atoms with Gasteiger partial charge in [0.25, 0.3) is 0 Å². The molecule has 0 fully saturated rings. The van der Waals surface area contributed by atoms with Crippen LogP contribution in [0, 0.1) is 0 Å². The van der Waals surface area contributed by atoms with Crippen LogP contribution in [0.4, 0.5) is 0 Å². The SMILES string of the molecule is CN(C)C(Br)c1ccc2c(c1)CCCC2. The molecular weight excluding hydrogens is 250 g/mol. The minimum Gasteiger partial charge on any atom is -0.293 e. The third-order valence-electron chi connectivity index (χ3n) is 3.10. The Morgan fingerprint density at radius 3 is 2.47 bits per heavy atom. The van der Waals surface area contributed by atoms with Crippen molar-refractivity contribution in [3.63, 3.8) is 0 Å². The third-order valence-corrected chi connectivity index (χ3v) is 4.45. The molecule has 1 aromatic carbocycles. The van der Waals surface area contributed by atoms with E-state index in [-0.39, 0.29) is 0 Å². The quantitative estimate of drug-likeness (QED) is 0.586. The number of halogens is 1. The highest BCUT2D eigenvalue weighted by Gasteiger charge is 2.14. The lowest BCUT2D eigenvalue weighted by Crippen LogP contribution is -2.15. The summed E-state index contributed by atoms with van der Waals surface area (Å²) in [7, 11) is 4.19. The number of alkyl halides is 1. The normalized spacial score (nSPS) is 17.6. The van der Waals surface area contributed by atoms with Crippen LogP contribution in [0.2, 0.25) is 0 Å². The number of nitrogens with zero attached hydrogens (tertiary/aromatic N) is 1. The summed E-state index contributed by atoms with van der Waals surface area (Å²) in [5.74, 6) is 0. The molecule has 82 valence electrons. The van der Waals surface area contributed by atoms with Crippen molar-refractivity contribution in [1.82, 2.24) is 4.90 Å². The minimum absolute atomic E-state index is 0.338. The van der Waals surface area contributed by atoms with Crippen molar-refractivity contribution < 1.29 is 0 Å². The number of fused-ring (bicyclic) bond motifs is 1. The number of hydrogen-bond donors (Lipinski definition) is 0. The highest BCUT2D eigenvalue weighted by atomic mass is 79.9. The van der Waals surface area contributed by atoms with Gasteiger partial charge in [-0.05, 0) is 56.5 Å². The summed E-state index contributed by atoms with van der Waals surface area (Å²) < 4.78 is 0. The van der Waals surface area contributed by atoms with Crippen LogP contribution in [0.1, 0.15) is 34.5 Å². The topological polar surface area (TPSA) is 3.24 Å². The Kier molecular flexibility index (Phi) is 3.47. The van der Waals surface area contributed by atoms with Gasteiger partial charge < -0.3 is 0 Å². The molecule has 0 aromatic heterocycles. The first kappa shape index (κ1) is 11.2. The van der Waals surface area contributed by atoms with Crippen molar-refractivity contribution in [2.24, 2.45) is 0 Å². The third kappa shape index (κ3) is 2.43. The van der Waals surface area contributed by atoms with Crippen molar-refractivity contribution in [2.75, 3.05) is 14.1 Å². The first-order valence-electron chi connectivity index (χ1n) is 5.60. The maximum atomic E-state index is 3.70. The van der Waals surface area contributed by atoms with E-state index in [1.54, 1.807) is 11.1 Å². The van der Waals surface area contributed by atoms with Gasteiger partial charge in [-0.2, -0.15) is 0 Å². The van der Waals surface area contributed by atoms with E-state index in [2.05, 4.69) is 53.1 Å². The van der Waals surface area contributed by atoms with Gasteiger partial charge in [0.2, 0.25) is 0 Å². The summed E-state index contributed by atoms with van der Waals surface area (Å²) in [6, 6.07) is 6.93. The molecule has 0 saturated heterocycles. The predicted molar refractivity (Wildman–Crippen MR) is 68.4 cm³/mol. The van der Waals surface area contributed by atoms with Crippen molar-refractivity contribution in [2.45, 2.75) is 30.6 Å². The zero-order chi connectivity index (χ0) is 10.8. The van der Waals surface area contributed by atoms with Crippen LogP contribution in [0.15, 0.2) is 18.2 Å². The summed E-state index contributed by atoms with van der Waals surface area (Å²) >= 11 is 3.70. The highest BCUT2D eigenvalue weighted by Crippen LogP contribution is 2.29. The second-order valence-corrected chi connectivity index (χ2v) is 5.40. The lowest BCUT2D eigenvalue weighted by atomic mass is 9.90. The van der Waals surface area contributed by atoms with E-state index in [4.69, 9.17) is 0 Å². The first-order chi connectivity index (χ1) is 7.18. The van der Waals surface area contributed by atoms with E-state index in [9.17, 15) is 0 Å². The fourth-order valence-electron chi connectivity index (χ4n) is 2.20. The van der Waals surface area contributed by atoms with E-state index < -0.39 is 0 Å². The molecular formula is C13H18BrN. The van der Waals surface area contributed by atoms with Crippen LogP contribution < -0.4 is 0 Å². The van der Waals surface area contributed by atoms with Gasteiger partial charge in [0.1, 0.15) is 0 Å². The zero-order valence-corrected chi connectivity index (χ0v) is 11.0. The number of hydrogen-bond acceptors (Lipinski definition) is 1. The summed E-state index contributed by atoms with van der Waals surface area (Å²) in [6.07, 6.45) is 5.24. The molecule has 0 bridgehead atoms. The molecule has 0 spiro atoms. The van der Waals surface area contributed by atoms with Crippen molar-refractivity contribution >= 4 is 15.9 Å². The van der Waals surface area contributed by atoms with Gasteiger partial charge >= 0.3 is 0 Å². The van der Waals surface area contributed by atoms with Gasteiger partial charge in [0.15, 0.2) is 0 Å². The smallest absolute Gasteiger partial charge is 0.0906 e. The van der Waals surface area contributed by atoms with Gasteiger partial charge in [-0.15, -0.1) is 0 Å². The molecule has 1 aromatic rings. The Labute approximate surface area is 101 Å². The van der Waals surface area contributed by atoms with Crippen LogP contribution in [0.25, 0.3) is 0 Å². The van der Waals surface area contributed by atoms with Crippen molar-refractivity contribution in [1.29, 1.82) is 0 Å². The van der Waals surface area contributed by atoms with Crippen molar-refractivity contribution in [3.05, 3.63) is 34.9 Å². The fraction of sp³-hybridized carbons (Fsp3) is 0.538. The van der Waals surface area contributed by atoms with E-state index >= 15 is 0 Å². The fourth-order valence-corrected chi connectivity index (χ4v) is 2.48. The summed E-state index contributed by atoms with van der Waals surface area (Å²) in [6.45, 7) is 0. The molecule has 1 aliphatic rings. The molecule has 1 unspecified atom stereocenters. The van der Waals surface area contributed by atoms with Crippen LogP contribution >= 0.6 is 15.9 Å². The molecule has 2 heteroatoms. The standard InChI is InChI=1S/C13H18BrN/c1-15(2)13(14)12-8-7-10-5-3-4-6-11(10)9-12/h7-9,13H,3-6H2,1-2H3. The Bertz CT molecular complexity index is 346. The number of aryl methyl sites for hydroxylation is 2. The van der Waals surface area contributed by atoms with Crippen LogP contribution in [0.5, 0.6) is 0 Å². The van der Waals surface area contributed by atoms with E-state index in [1.165, 1.54) is 31.2 Å². The Hall–Kier alpha value is -0.340. The van der Waals surface area contributed by atoms with Gasteiger partial charge in [-0.1, -0.05) is 34.1 Å². The lowest BCUT2D eigenvalue weighted by molar-refractivity contribution is 0.397. The van der Waals surface area contributed by atoms with E-state index in [0.29, 0.717) is 4.95 Å². The Morgan fingerprint density at radius 1 is 1.13 bits per heavy atom. The average molecular weight is 268 g/mol. The largest absolute Gasteiger partial charge is 0.293 e. The highest BCUT2D eigenvalue weighted by molar-refractivity contribution is 9.09. The molecule has 0 aliphatic heterocycles. The van der Waals surface area contributed by atoms with E-state index in [1.807, 2.05) is 0 Å². The minimum atomic E-state index is 0.338. The average Bonchev–Trinajstić information content (AvgIpc) is 2.27. The number of rotatable bonds is 2. The van der Waals surface area contributed by atoms with Crippen LogP contribution in [0.3, 0.4) is 0 Å². The maximum absolute atomic E-state index is 3.70. The predicted octanol–water partition coefficient (Wildman–Crippen LogP) is 3.52. The second kappa shape index (κ2) is 4.67. The van der Waals surface area contributed by atoms with Gasteiger partial charge in [0, 0.05) is 0 Å². The zero-order valence-electron chi connectivity index (χ0n) is 9.46. The Balaban J connectivity index is 2.27. The lowest BCUT2D eigenvalue weighted by Gasteiger charge is -2.22. The van der Waals surface area contributed by atoms with Gasteiger partial charge in [0.05, 0.1) is 4.95 Å². The summed E-state index contributed by atoms with van der Waals surface area (Å²) in [5.41, 5.74) is 4.49.